The Kier molecular flexibility index (Phi) is 5.31. The van der Waals surface area contributed by atoms with Gasteiger partial charge >= 0.3 is 5.97 Å². The number of halogens is 1. The van der Waals surface area contributed by atoms with Crippen molar-refractivity contribution in [1.29, 1.82) is 0 Å². The Morgan fingerprint density at radius 1 is 1.32 bits per heavy atom. The number of thiazole rings is 1. The number of esters is 1. The highest BCUT2D eigenvalue weighted by atomic mass is 79.9. The van der Waals surface area contributed by atoms with Gasteiger partial charge in [0.2, 0.25) is 11.8 Å². The summed E-state index contributed by atoms with van der Waals surface area (Å²) in [4.78, 5) is 29.1. The van der Waals surface area contributed by atoms with Crippen molar-refractivity contribution in [3.05, 3.63) is 38.4 Å². The zero-order chi connectivity index (χ0) is 16.3. The average molecular weight is 383 g/mol. The van der Waals surface area contributed by atoms with Crippen LogP contribution < -0.4 is 9.54 Å². The van der Waals surface area contributed by atoms with E-state index in [1.165, 1.54) is 29.8 Å². The van der Waals surface area contributed by atoms with Crippen molar-refractivity contribution >= 4 is 44.8 Å². The van der Waals surface area contributed by atoms with E-state index in [9.17, 15) is 9.59 Å². The molecule has 0 saturated heterocycles. The summed E-state index contributed by atoms with van der Waals surface area (Å²) >= 11 is 4.77. The number of benzene rings is 1. The van der Waals surface area contributed by atoms with Crippen LogP contribution in [0.25, 0.3) is 0 Å². The molecule has 22 heavy (non-hydrogen) atoms. The lowest BCUT2D eigenvalue weighted by atomic mass is 10.3. The largest absolute Gasteiger partial charge is 0.408 e. The number of carbonyl (C=O) groups excluding carboxylic acids is 2. The topological polar surface area (TPSA) is 60.7 Å². The first-order chi connectivity index (χ1) is 10.4. The van der Waals surface area contributed by atoms with Gasteiger partial charge in [-0.3, -0.25) is 9.59 Å². The molecule has 116 valence electrons. The molecule has 1 aromatic carbocycles. The highest BCUT2D eigenvalue weighted by Crippen LogP contribution is 2.26. The predicted octanol–water partition coefficient (Wildman–Crippen LogP) is 3.69. The molecule has 0 N–H and O–H groups in total. The summed E-state index contributed by atoms with van der Waals surface area (Å²) in [6, 6.07) is 7.46. The molecule has 0 aliphatic carbocycles. The molecule has 0 aliphatic rings. The number of rotatable bonds is 3. The summed E-state index contributed by atoms with van der Waals surface area (Å²) in [5.74, 6) is -0.453. The van der Waals surface area contributed by atoms with Crippen LogP contribution in [0.15, 0.2) is 33.7 Å². The number of para-hydroxylation sites is 1. The normalized spacial score (nSPS) is 11.5. The Morgan fingerprint density at radius 2 is 2.00 bits per heavy atom. The molecule has 0 amide bonds. The molecular formula is C15H15BrN2O3S. The molecule has 2 aromatic rings. The van der Waals surface area contributed by atoms with Gasteiger partial charge in [0.15, 0.2) is 4.80 Å². The first kappa shape index (κ1) is 16.6. The van der Waals surface area contributed by atoms with Gasteiger partial charge in [0.25, 0.3) is 0 Å². The van der Waals surface area contributed by atoms with E-state index in [0.717, 1.165) is 9.35 Å². The molecule has 5 nitrogen and oxygen atoms in total. The molecule has 0 saturated carbocycles. The second kappa shape index (κ2) is 7.02. The molecule has 1 heterocycles. The van der Waals surface area contributed by atoms with E-state index < -0.39 is 5.97 Å². The number of nitrogens with zero attached hydrogens (tertiary/aromatic N) is 2. The number of aryl methyl sites for hydroxylation is 1. The minimum absolute atomic E-state index is 0.252. The van der Waals surface area contributed by atoms with E-state index in [-0.39, 0.29) is 11.8 Å². The first-order valence-corrected chi connectivity index (χ1v) is 8.28. The van der Waals surface area contributed by atoms with Crippen LogP contribution in [-0.2, 0) is 11.2 Å². The van der Waals surface area contributed by atoms with E-state index in [4.69, 9.17) is 4.74 Å². The predicted molar refractivity (Wildman–Crippen MR) is 88.7 cm³/mol. The second-order valence-corrected chi connectivity index (χ2v) is 6.39. The van der Waals surface area contributed by atoms with E-state index in [2.05, 4.69) is 20.9 Å². The van der Waals surface area contributed by atoms with Gasteiger partial charge in [-0.25, -0.2) is 9.56 Å². The van der Waals surface area contributed by atoms with Gasteiger partial charge in [0, 0.05) is 18.3 Å². The number of hydrogen-bond acceptors (Lipinski definition) is 5. The van der Waals surface area contributed by atoms with Crippen LogP contribution in [-0.4, -0.2) is 16.4 Å². The summed E-state index contributed by atoms with van der Waals surface area (Å²) in [7, 11) is 0. The fourth-order valence-electron chi connectivity index (χ4n) is 1.87. The van der Waals surface area contributed by atoms with Crippen LogP contribution in [0.5, 0.6) is 5.88 Å². The van der Waals surface area contributed by atoms with Crippen molar-refractivity contribution in [2.75, 3.05) is 0 Å². The number of carbonyl (C=O) groups is 2. The van der Waals surface area contributed by atoms with Crippen LogP contribution in [0.1, 0.15) is 30.4 Å². The Balaban J connectivity index is 2.71. The van der Waals surface area contributed by atoms with Crippen molar-refractivity contribution in [3.8, 4) is 5.88 Å². The first-order valence-electron chi connectivity index (χ1n) is 6.67. The van der Waals surface area contributed by atoms with E-state index in [1.807, 2.05) is 31.2 Å². The molecule has 0 aliphatic heterocycles. The number of aromatic nitrogens is 1. The van der Waals surface area contributed by atoms with Gasteiger partial charge in [0.1, 0.15) is 0 Å². The summed E-state index contributed by atoms with van der Waals surface area (Å²) < 4.78 is 7.38. The smallest absolute Gasteiger partial charge is 0.309 e. The highest BCUT2D eigenvalue weighted by molar-refractivity contribution is 9.10. The van der Waals surface area contributed by atoms with Crippen molar-refractivity contribution in [1.82, 2.24) is 4.57 Å². The molecule has 2 rings (SSSR count). The van der Waals surface area contributed by atoms with Gasteiger partial charge in [-0.2, -0.15) is 0 Å². The van der Waals surface area contributed by atoms with Gasteiger partial charge in [-0.1, -0.05) is 30.4 Å². The lowest BCUT2D eigenvalue weighted by Crippen LogP contribution is -2.22. The Bertz CT molecular complexity index is 792. The van der Waals surface area contributed by atoms with E-state index >= 15 is 0 Å². The van der Waals surface area contributed by atoms with Gasteiger partial charge in [-0.15, -0.1) is 0 Å². The third-order valence-electron chi connectivity index (χ3n) is 2.79. The molecule has 0 spiro atoms. The highest BCUT2D eigenvalue weighted by Gasteiger charge is 2.18. The van der Waals surface area contributed by atoms with Crippen molar-refractivity contribution < 1.29 is 14.3 Å². The molecular weight excluding hydrogens is 368 g/mol. The molecule has 0 radical (unpaired) electrons. The van der Waals surface area contributed by atoms with Gasteiger partial charge < -0.3 is 4.74 Å². The molecule has 0 atom stereocenters. The van der Waals surface area contributed by atoms with Crippen LogP contribution in [0.2, 0.25) is 0 Å². The summed E-state index contributed by atoms with van der Waals surface area (Å²) in [6.07, 6.45) is 0.645. The molecule has 0 fully saturated rings. The zero-order valence-electron chi connectivity index (χ0n) is 12.4. The minimum Gasteiger partial charge on any atom is -0.408 e. The van der Waals surface area contributed by atoms with Gasteiger partial charge in [-0.05, 0) is 34.5 Å². The SMILES string of the molecule is CCc1sc(=Nc2ccccc2Br)n(C(C)=O)c1OC(C)=O. The third kappa shape index (κ3) is 3.53. The maximum absolute atomic E-state index is 12.0. The Hall–Kier alpha value is -1.73. The van der Waals surface area contributed by atoms with Crippen LogP contribution in [0.4, 0.5) is 5.69 Å². The summed E-state index contributed by atoms with van der Waals surface area (Å²) in [5, 5.41) is 0. The van der Waals surface area contributed by atoms with Crippen molar-refractivity contribution in [2.24, 2.45) is 4.99 Å². The summed E-state index contributed by atoms with van der Waals surface area (Å²) in [6.45, 7) is 4.66. The van der Waals surface area contributed by atoms with Crippen molar-refractivity contribution in [3.63, 3.8) is 0 Å². The molecule has 0 unspecified atom stereocenters. The molecule has 1 aromatic heterocycles. The van der Waals surface area contributed by atoms with Crippen LogP contribution >= 0.6 is 27.3 Å². The quantitative estimate of drug-likeness (QED) is 0.760. The van der Waals surface area contributed by atoms with Crippen molar-refractivity contribution in [2.45, 2.75) is 27.2 Å². The number of hydrogen-bond donors (Lipinski definition) is 0. The minimum atomic E-state index is -0.463. The second-order valence-electron chi connectivity index (χ2n) is 4.48. The standard InChI is InChI=1S/C15H15BrN2O3S/c1-4-13-14(21-10(3)20)18(9(2)19)15(22-13)17-12-8-6-5-7-11(12)16/h5-8H,4H2,1-3H3. The Labute approximate surface area is 140 Å². The maximum atomic E-state index is 12.0. The van der Waals surface area contributed by atoms with E-state index in [0.29, 0.717) is 16.9 Å². The third-order valence-corrected chi connectivity index (χ3v) is 4.63. The maximum Gasteiger partial charge on any atom is 0.309 e. The summed E-state index contributed by atoms with van der Waals surface area (Å²) in [5.41, 5.74) is 0.704. The molecule has 7 heteroatoms. The number of ether oxygens (including phenoxy) is 1. The van der Waals surface area contributed by atoms with Gasteiger partial charge in [0.05, 0.1) is 10.6 Å². The fraction of sp³-hybridized carbons (Fsp3) is 0.267. The van der Waals surface area contributed by atoms with Crippen LogP contribution in [0.3, 0.4) is 0 Å². The monoisotopic (exact) mass is 382 g/mol. The average Bonchev–Trinajstić information content (AvgIpc) is 2.78. The molecule has 0 bridgehead atoms. The lowest BCUT2D eigenvalue weighted by Gasteiger charge is -2.05. The van der Waals surface area contributed by atoms with Crippen LogP contribution in [0, 0.1) is 0 Å². The zero-order valence-corrected chi connectivity index (χ0v) is 14.8. The fourth-order valence-corrected chi connectivity index (χ4v) is 3.27. The van der Waals surface area contributed by atoms with E-state index in [1.54, 1.807) is 0 Å². The lowest BCUT2D eigenvalue weighted by molar-refractivity contribution is -0.132. The Morgan fingerprint density at radius 3 is 2.55 bits per heavy atom.